The maximum absolute atomic E-state index is 11.9. The number of nitrogens with two attached hydrogens (primary N) is 1. The number of rotatable bonds is 5. The Balaban J connectivity index is 2.39. The fraction of sp³-hybridized carbons (Fsp3) is 0.471. The molecule has 8 nitrogen and oxygen atoms in total. The van der Waals surface area contributed by atoms with Gasteiger partial charge in [0.25, 0.3) is 11.8 Å². The lowest BCUT2D eigenvalue weighted by Gasteiger charge is -2.22. The third kappa shape index (κ3) is 8.16. The van der Waals surface area contributed by atoms with Crippen molar-refractivity contribution in [2.75, 3.05) is 0 Å². The van der Waals surface area contributed by atoms with Crippen LogP contribution >= 0.6 is 0 Å². The number of carbonyl (C=O) groups is 3. The maximum atomic E-state index is 11.9. The van der Waals surface area contributed by atoms with E-state index in [0.29, 0.717) is 6.42 Å². The first-order chi connectivity index (χ1) is 11.6. The Morgan fingerprint density at radius 1 is 1.08 bits per heavy atom. The molecule has 0 heterocycles. The summed E-state index contributed by atoms with van der Waals surface area (Å²) in [6.07, 6.45) is -0.379. The highest BCUT2D eigenvalue weighted by Gasteiger charge is 2.22. The van der Waals surface area contributed by atoms with Crippen LogP contribution < -0.4 is 21.9 Å². The van der Waals surface area contributed by atoms with Crippen LogP contribution in [0.25, 0.3) is 0 Å². The summed E-state index contributed by atoms with van der Waals surface area (Å²) < 4.78 is 5.05. The van der Waals surface area contributed by atoms with Crippen LogP contribution in [0, 0.1) is 0 Å². The number of hydrazine groups is 1. The van der Waals surface area contributed by atoms with E-state index in [-0.39, 0.29) is 0 Å². The van der Waals surface area contributed by atoms with Crippen LogP contribution in [0.5, 0.6) is 0 Å². The number of nitrogens with one attached hydrogen (secondary N) is 3. The van der Waals surface area contributed by atoms with E-state index in [9.17, 15) is 14.4 Å². The zero-order valence-corrected chi connectivity index (χ0v) is 15.0. The highest BCUT2D eigenvalue weighted by atomic mass is 16.6. The molecule has 1 rings (SSSR count). The minimum atomic E-state index is -0.888. The van der Waals surface area contributed by atoms with E-state index >= 15 is 0 Å². The molecule has 3 amide bonds. The van der Waals surface area contributed by atoms with E-state index in [1.807, 2.05) is 30.3 Å². The van der Waals surface area contributed by atoms with Crippen LogP contribution in [-0.4, -0.2) is 35.6 Å². The molecule has 0 saturated heterocycles. The lowest BCUT2D eigenvalue weighted by atomic mass is 10.1. The van der Waals surface area contributed by atoms with Crippen molar-refractivity contribution in [1.82, 2.24) is 16.2 Å². The minimum Gasteiger partial charge on any atom is -0.444 e. The normalized spacial score (nSPS) is 13.3. The van der Waals surface area contributed by atoms with Crippen molar-refractivity contribution in [2.45, 2.75) is 51.8 Å². The van der Waals surface area contributed by atoms with Gasteiger partial charge in [0.1, 0.15) is 11.6 Å². The molecule has 0 radical (unpaired) electrons. The lowest BCUT2D eigenvalue weighted by Crippen LogP contribution is -2.55. The quantitative estimate of drug-likeness (QED) is 0.580. The van der Waals surface area contributed by atoms with Crippen LogP contribution in [-0.2, 0) is 20.7 Å². The van der Waals surface area contributed by atoms with Crippen molar-refractivity contribution >= 4 is 17.9 Å². The number of hydrogen-bond acceptors (Lipinski definition) is 5. The molecule has 0 bridgehead atoms. The van der Waals surface area contributed by atoms with Crippen molar-refractivity contribution in [3.8, 4) is 0 Å². The zero-order valence-electron chi connectivity index (χ0n) is 15.0. The molecule has 0 saturated carbocycles. The van der Waals surface area contributed by atoms with E-state index in [2.05, 4.69) is 16.2 Å². The van der Waals surface area contributed by atoms with Gasteiger partial charge in [0.2, 0.25) is 0 Å². The molecule has 25 heavy (non-hydrogen) atoms. The van der Waals surface area contributed by atoms with Gasteiger partial charge in [0, 0.05) is 0 Å². The van der Waals surface area contributed by atoms with Crippen LogP contribution in [0.1, 0.15) is 33.3 Å². The Labute approximate surface area is 147 Å². The van der Waals surface area contributed by atoms with E-state index < -0.39 is 35.6 Å². The first kappa shape index (κ1) is 20.4. The zero-order chi connectivity index (χ0) is 19.0. The summed E-state index contributed by atoms with van der Waals surface area (Å²) in [5.74, 6) is -1.12. The minimum absolute atomic E-state index is 0.342. The maximum Gasteiger partial charge on any atom is 0.408 e. The molecule has 0 aromatic heterocycles. The molecule has 0 aliphatic carbocycles. The Hall–Kier alpha value is -2.61. The number of benzene rings is 1. The van der Waals surface area contributed by atoms with E-state index in [0.717, 1.165) is 5.56 Å². The molecule has 0 aliphatic rings. The predicted octanol–water partition coefficient (Wildman–Crippen LogP) is 0.617. The van der Waals surface area contributed by atoms with Crippen molar-refractivity contribution in [3.63, 3.8) is 0 Å². The highest BCUT2D eigenvalue weighted by molar-refractivity contribution is 5.88. The molecular formula is C17H26N4O4. The average Bonchev–Trinajstić information content (AvgIpc) is 2.51. The van der Waals surface area contributed by atoms with Gasteiger partial charge in [0.15, 0.2) is 0 Å². The van der Waals surface area contributed by atoms with Gasteiger partial charge in [0.05, 0.1) is 6.04 Å². The van der Waals surface area contributed by atoms with Crippen LogP contribution in [0.3, 0.4) is 0 Å². The van der Waals surface area contributed by atoms with Gasteiger partial charge >= 0.3 is 6.09 Å². The van der Waals surface area contributed by atoms with Gasteiger partial charge in [-0.1, -0.05) is 30.3 Å². The third-order valence-electron chi connectivity index (χ3n) is 3.07. The predicted molar refractivity (Wildman–Crippen MR) is 93.2 cm³/mol. The number of ether oxygens (including phenoxy) is 1. The van der Waals surface area contributed by atoms with Gasteiger partial charge in [-0.25, -0.2) is 4.79 Å². The molecule has 8 heteroatoms. The smallest absolute Gasteiger partial charge is 0.408 e. The second-order valence-corrected chi connectivity index (χ2v) is 6.64. The van der Waals surface area contributed by atoms with Gasteiger partial charge in [-0.3, -0.25) is 20.4 Å². The van der Waals surface area contributed by atoms with Crippen LogP contribution in [0.15, 0.2) is 30.3 Å². The first-order valence-corrected chi connectivity index (χ1v) is 7.97. The van der Waals surface area contributed by atoms with Gasteiger partial charge in [-0.15, -0.1) is 0 Å². The van der Waals surface area contributed by atoms with Crippen molar-refractivity contribution < 1.29 is 19.1 Å². The molecule has 0 unspecified atom stereocenters. The fourth-order valence-corrected chi connectivity index (χ4v) is 1.83. The summed E-state index contributed by atoms with van der Waals surface area (Å²) in [5.41, 5.74) is 10.5. The fourth-order valence-electron chi connectivity index (χ4n) is 1.83. The molecule has 0 fully saturated rings. The molecule has 1 aromatic rings. The first-order valence-electron chi connectivity index (χ1n) is 7.97. The van der Waals surface area contributed by atoms with Gasteiger partial charge in [-0.05, 0) is 39.7 Å². The summed E-state index contributed by atoms with van der Waals surface area (Å²) in [6.45, 7) is 6.61. The molecule has 0 spiro atoms. The van der Waals surface area contributed by atoms with Crippen LogP contribution in [0.4, 0.5) is 4.79 Å². The Morgan fingerprint density at radius 3 is 2.20 bits per heavy atom. The molecule has 1 aromatic carbocycles. The van der Waals surface area contributed by atoms with Crippen molar-refractivity contribution in [1.29, 1.82) is 0 Å². The second-order valence-electron chi connectivity index (χ2n) is 6.64. The summed E-state index contributed by atoms with van der Waals surface area (Å²) in [6, 6.07) is 7.60. The SMILES string of the molecule is C[C@H](NC(=O)OC(C)(C)C)C(=O)NNC(=O)[C@@H](N)Cc1ccccc1. The molecule has 138 valence electrons. The number of carbonyl (C=O) groups excluding carboxylic acids is 3. The number of alkyl carbamates (subject to hydrolysis) is 1. The monoisotopic (exact) mass is 350 g/mol. The van der Waals surface area contributed by atoms with Crippen molar-refractivity contribution in [2.24, 2.45) is 5.73 Å². The Bertz CT molecular complexity index is 598. The molecular weight excluding hydrogens is 324 g/mol. The third-order valence-corrected chi connectivity index (χ3v) is 3.07. The van der Waals surface area contributed by atoms with Crippen LogP contribution in [0.2, 0.25) is 0 Å². The molecule has 5 N–H and O–H groups in total. The average molecular weight is 350 g/mol. The standard InChI is InChI=1S/C17H26N4O4/c1-11(19-16(24)25-17(2,3)4)14(22)20-21-15(23)13(18)10-12-8-6-5-7-9-12/h5-9,11,13H,10,18H2,1-4H3,(H,19,24)(H,20,22)(H,21,23)/t11-,13-/m0/s1. The molecule has 0 aliphatic heterocycles. The van der Waals surface area contributed by atoms with Gasteiger partial charge in [-0.2, -0.15) is 0 Å². The second kappa shape index (κ2) is 9.03. The summed E-state index contributed by atoms with van der Waals surface area (Å²) in [7, 11) is 0. The Morgan fingerprint density at radius 2 is 1.64 bits per heavy atom. The Kier molecular flexibility index (Phi) is 7.38. The highest BCUT2D eigenvalue weighted by Crippen LogP contribution is 2.06. The topological polar surface area (TPSA) is 123 Å². The summed E-state index contributed by atoms with van der Waals surface area (Å²) in [4.78, 5) is 35.4. The van der Waals surface area contributed by atoms with Gasteiger partial charge < -0.3 is 15.8 Å². The van der Waals surface area contributed by atoms with E-state index in [1.165, 1.54) is 6.92 Å². The van der Waals surface area contributed by atoms with E-state index in [4.69, 9.17) is 10.5 Å². The number of hydrogen-bond donors (Lipinski definition) is 4. The summed E-state index contributed by atoms with van der Waals surface area (Å²) in [5, 5.41) is 2.37. The van der Waals surface area contributed by atoms with E-state index in [1.54, 1.807) is 20.8 Å². The molecule has 2 atom stereocenters. The lowest BCUT2D eigenvalue weighted by molar-refractivity contribution is -0.130. The largest absolute Gasteiger partial charge is 0.444 e. The number of amides is 3. The van der Waals surface area contributed by atoms with Crippen molar-refractivity contribution in [3.05, 3.63) is 35.9 Å². The summed E-state index contributed by atoms with van der Waals surface area (Å²) >= 11 is 0.